The molecule has 0 bridgehead atoms. The Kier molecular flexibility index (Phi) is 9.64. The highest BCUT2D eigenvalue weighted by atomic mass is 32.2. The van der Waals surface area contributed by atoms with Gasteiger partial charge >= 0.3 is 24.7 Å². The van der Waals surface area contributed by atoms with Gasteiger partial charge in [0.05, 0.1) is 11.4 Å². The first-order valence-electron chi connectivity index (χ1n) is 12.4. The van der Waals surface area contributed by atoms with E-state index < -0.39 is 105 Å². The Bertz CT molecular complexity index is 1570. The van der Waals surface area contributed by atoms with Gasteiger partial charge in [-0.1, -0.05) is 12.1 Å². The molecule has 2 aromatic carbocycles. The third kappa shape index (κ3) is 7.98. The van der Waals surface area contributed by atoms with Gasteiger partial charge in [0, 0.05) is 23.5 Å². The van der Waals surface area contributed by atoms with E-state index >= 15 is 0 Å². The van der Waals surface area contributed by atoms with Gasteiger partial charge in [0.1, 0.15) is 10.5 Å². The normalized spacial score (nSPS) is 14.7. The molecule has 0 saturated carbocycles. The third-order valence-electron chi connectivity index (χ3n) is 6.33. The van der Waals surface area contributed by atoms with Crippen LogP contribution in [0.1, 0.15) is 57.0 Å². The van der Waals surface area contributed by atoms with E-state index in [1.54, 1.807) is 0 Å². The number of aromatic nitrogens is 4. The van der Waals surface area contributed by atoms with Gasteiger partial charge in [-0.3, -0.25) is 0 Å². The molecule has 2 atom stereocenters. The fourth-order valence-electron chi connectivity index (χ4n) is 4.29. The van der Waals surface area contributed by atoms with Gasteiger partial charge in [-0.2, -0.15) is 62.9 Å². The standard InChI is InChI=1S/C26H14F16N4S/c27-21(28)13-3-1-11(45-7-5-17(43-45)23(31,32)33)9-15(13)19(25(37,38)39)47-20(26(40,41)42)16-10-12(2-4-14(16)22(29)30)46-8-6-18(44-46)24(34,35)36/h1-10,19-22H. The Morgan fingerprint density at radius 1 is 0.489 bits per heavy atom. The highest BCUT2D eigenvalue weighted by Crippen LogP contribution is 2.57. The monoisotopic (exact) mass is 718 g/mol. The summed E-state index contributed by atoms with van der Waals surface area (Å²) >= 11 is -1.14. The van der Waals surface area contributed by atoms with Crippen molar-refractivity contribution < 1.29 is 70.2 Å². The first kappa shape index (κ1) is 35.9. The molecule has 0 N–H and O–H groups in total. The molecule has 0 radical (unpaired) electrons. The molecule has 2 unspecified atom stereocenters. The molecule has 21 heteroatoms. The lowest BCUT2D eigenvalue weighted by molar-refractivity contribution is -0.142. The lowest BCUT2D eigenvalue weighted by Gasteiger charge is -2.30. The number of hydrogen-bond acceptors (Lipinski definition) is 3. The maximum Gasteiger partial charge on any atom is 0.435 e. The Labute approximate surface area is 256 Å². The van der Waals surface area contributed by atoms with Crippen LogP contribution >= 0.6 is 11.8 Å². The summed E-state index contributed by atoms with van der Waals surface area (Å²) in [7, 11) is 0. The van der Waals surface area contributed by atoms with Crippen molar-refractivity contribution in [3.8, 4) is 11.4 Å². The summed E-state index contributed by atoms with van der Waals surface area (Å²) in [5.41, 5.74) is -10.6. The van der Waals surface area contributed by atoms with E-state index in [0.29, 0.717) is 58.2 Å². The fourth-order valence-corrected chi connectivity index (χ4v) is 5.57. The lowest BCUT2D eigenvalue weighted by atomic mass is 10.0. The second-order valence-corrected chi connectivity index (χ2v) is 10.7. The van der Waals surface area contributed by atoms with Crippen molar-refractivity contribution in [1.82, 2.24) is 19.6 Å². The van der Waals surface area contributed by atoms with Crippen LogP contribution < -0.4 is 0 Å². The lowest BCUT2D eigenvalue weighted by Crippen LogP contribution is -2.26. The van der Waals surface area contributed by atoms with E-state index in [4.69, 9.17) is 0 Å². The quantitative estimate of drug-likeness (QED) is 0.170. The molecule has 0 spiro atoms. The molecule has 2 aromatic heterocycles. The average Bonchev–Trinajstić information content (AvgIpc) is 3.62. The highest BCUT2D eigenvalue weighted by molar-refractivity contribution is 7.99. The molecular weight excluding hydrogens is 704 g/mol. The van der Waals surface area contributed by atoms with Gasteiger partial charge < -0.3 is 0 Å². The summed E-state index contributed by atoms with van der Waals surface area (Å²) in [6.07, 6.45) is -28.0. The maximum absolute atomic E-state index is 14.5. The largest absolute Gasteiger partial charge is 0.435 e. The summed E-state index contributed by atoms with van der Waals surface area (Å²) in [6, 6.07) is 3.16. The zero-order chi connectivity index (χ0) is 35.3. The smallest absolute Gasteiger partial charge is 0.240 e. The summed E-state index contributed by atoms with van der Waals surface area (Å²) in [5, 5.41) is -0.933. The van der Waals surface area contributed by atoms with Crippen LogP contribution in [0.25, 0.3) is 11.4 Å². The van der Waals surface area contributed by atoms with Crippen molar-refractivity contribution in [1.29, 1.82) is 0 Å². The number of hydrogen-bond donors (Lipinski definition) is 0. The zero-order valence-electron chi connectivity index (χ0n) is 22.3. The van der Waals surface area contributed by atoms with Gasteiger partial charge in [0.2, 0.25) is 0 Å². The molecule has 0 aliphatic rings. The van der Waals surface area contributed by atoms with Gasteiger partial charge in [-0.05, 0) is 47.5 Å². The van der Waals surface area contributed by atoms with Crippen molar-refractivity contribution in [3.05, 3.63) is 94.6 Å². The summed E-state index contributed by atoms with van der Waals surface area (Å²) in [4.78, 5) is 0. The minimum Gasteiger partial charge on any atom is -0.240 e. The van der Waals surface area contributed by atoms with E-state index in [-0.39, 0.29) is 12.1 Å². The topological polar surface area (TPSA) is 35.6 Å². The average molecular weight is 718 g/mol. The van der Waals surface area contributed by atoms with E-state index in [1.807, 2.05) is 0 Å². The Hall–Kier alpha value is -3.91. The molecule has 0 aliphatic carbocycles. The van der Waals surface area contributed by atoms with Crippen molar-refractivity contribution in [3.63, 3.8) is 0 Å². The Morgan fingerprint density at radius 3 is 1.09 bits per heavy atom. The van der Waals surface area contributed by atoms with Crippen LogP contribution in [0.15, 0.2) is 60.9 Å². The van der Waals surface area contributed by atoms with E-state index in [2.05, 4.69) is 10.2 Å². The first-order valence-corrected chi connectivity index (χ1v) is 13.3. The van der Waals surface area contributed by atoms with Gasteiger partial charge in [-0.25, -0.2) is 26.9 Å². The number of rotatable bonds is 8. The molecule has 4 aromatic rings. The third-order valence-corrected chi connectivity index (χ3v) is 7.92. The predicted octanol–water partition coefficient (Wildman–Crippen LogP) is 10.6. The van der Waals surface area contributed by atoms with Crippen molar-refractivity contribution in [2.75, 3.05) is 0 Å². The molecule has 0 aliphatic heterocycles. The van der Waals surface area contributed by atoms with Crippen LogP contribution in [0, 0.1) is 0 Å². The molecule has 4 nitrogen and oxygen atoms in total. The van der Waals surface area contributed by atoms with Gasteiger partial charge in [0.25, 0.3) is 12.9 Å². The Balaban J connectivity index is 1.89. The minimum absolute atomic E-state index is 0.236. The summed E-state index contributed by atoms with van der Waals surface area (Å²) in [6.45, 7) is 0. The number of nitrogens with zero attached hydrogens (tertiary/aromatic N) is 4. The van der Waals surface area contributed by atoms with Crippen LogP contribution in [0.2, 0.25) is 0 Å². The highest BCUT2D eigenvalue weighted by Gasteiger charge is 2.51. The maximum atomic E-state index is 14.5. The van der Waals surface area contributed by atoms with Crippen molar-refractivity contribution in [2.24, 2.45) is 0 Å². The summed E-state index contributed by atoms with van der Waals surface area (Å²) in [5.74, 6) is 0. The van der Waals surface area contributed by atoms with Gasteiger partial charge in [-0.15, -0.1) is 11.8 Å². The molecule has 0 saturated heterocycles. The molecule has 4 rings (SSSR count). The Morgan fingerprint density at radius 2 is 0.830 bits per heavy atom. The molecule has 47 heavy (non-hydrogen) atoms. The number of halogens is 16. The molecule has 2 heterocycles. The van der Waals surface area contributed by atoms with Gasteiger partial charge in [0.15, 0.2) is 11.4 Å². The van der Waals surface area contributed by atoms with Crippen LogP contribution in [-0.2, 0) is 12.4 Å². The van der Waals surface area contributed by atoms with Crippen molar-refractivity contribution in [2.45, 2.75) is 48.1 Å². The number of thioether (sulfide) groups is 1. The second kappa shape index (κ2) is 12.6. The second-order valence-electron chi connectivity index (χ2n) is 9.49. The van der Waals surface area contributed by atoms with E-state index in [1.165, 1.54) is 0 Å². The van der Waals surface area contributed by atoms with Crippen LogP contribution in [0.5, 0.6) is 0 Å². The first-order chi connectivity index (χ1) is 21.5. The molecule has 0 amide bonds. The van der Waals surface area contributed by atoms with Crippen LogP contribution in [-0.4, -0.2) is 31.9 Å². The SMILES string of the molecule is FC(F)c1ccc(-n2ccc(C(F)(F)F)n2)cc1C(SC(c1cc(-n2ccc(C(F)(F)F)n2)ccc1C(F)F)C(F)(F)F)C(F)(F)F. The minimum atomic E-state index is -5.82. The molecule has 0 fully saturated rings. The zero-order valence-corrected chi connectivity index (χ0v) is 23.1. The van der Waals surface area contributed by atoms with Crippen molar-refractivity contribution >= 4 is 11.8 Å². The van der Waals surface area contributed by atoms with E-state index in [0.717, 1.165) is 0 Å². The predicted molar refractivity (Wildman–Crippen MR) is 132 cm³/mol. The number of alkyl halides is 16. The number of benzene rings is 2. The molecular formula is C26H14F16N4S. The molecule has 256 valence electrons. The van der Waals surface area contributed by atoms with Crippen LogP contribution in [0.3, 0.4) is 0 Å². The fraction of sp³-hybridized carbons (Fsp3) is 0.308. The van der Waals surface area contributed by atoms with Crippen LogP contribution in [0.4, 0.5) is 70.2 Å². The summed E-state index contributed by atoms with van der Waals surface area (Å²) < 4.78 is 221. The van der Waals surface area contributed by atoms with E-state index in [9.17, 15) is 70.2 Å².